The lowest BCUT2D eigenvalue weighted by atomic mass is 10.0. The summed E-state index contributed by atoms with van der Waals surface area (Å²) in [6.07, 6.45) is -4.55. The number of hydrogen-bond donors (Lipinski definition) is 1. The summed E-state index contributed by atoms with van der Waals surface area (Å²) < 4.78 is 42.4. The summed E-state index contributed by atoms with van der Waals surface area (Å²) in [6, 6.07) is 7.76. The molecular weight excluding hydrogens is 381 g/mol. The number of nitro groups is 1. The van der Waals surface area contributed by atoms with Gasteiger partial charge in [0.15, 0.2) is 0 Å². The van der Waals surface area contributed by atoms with E-state index in [1.165, 1.54) is 24.3 Å². The molecule has 0 spiro atoms. The number of carbonyl (C=O) groups excluding carboxylic acids is 2. The zero-order valence-corrected chi connectivity index (χ0v) is 14.5. The van der Waals surface area contributed by atoms with Crippen molar-refractivity contribution in [3.05, 3.63) is 75.3 Å². The summed E-state index contributed by atoms with van der Waals surface area (Å²) in [4.78, 5) is 34.3. The van der Waals surface area contributed by atoms with E-state index in [1.807, 2.05) is 0 Å². The number of carbonyl (C=O) groups is 2. The second-order valence-electron chi connectivity index (χ2n) is 5.75. The first kappa shape index (κ1) is 20.9. The van der Waals surface area contributed by atoms with Gasteiger partial charge in [-0.2, -0.15) is 13.2 Å². The van der Waals surface area contributed by atoms with Crippen LogP contribution in [0.2, 0.25) is 0 Å². The Labute approximate surface area is 157 Å². The zero-order chi connectivity index (χ0) is 20.9. The minimum atomic E-state index is -4.53. The standard InChI is InChI=1S/C18H15F3N2O5/c1-28-17(25)15(10-11-2-8-14(9-3-11)23(26)27)22-16(24)12-4-6-13(7-5-12)18(19,20)21/h2-9,15H,10H2,1H3,(H,22,24)/t15-/m1/s1. The Morgan fingerprint density at radius 1 is 1.11 bits per heavy atom. The quantitative estimate of drug-likeness (QED) is 0.460. The molecule has 0 aromatic heterocycles. The first-order valence-corrected chi connectivity index (χ1v) is 7.91. The first-order chi connectivity index (χ1) is 13.1. The average Bonchev–Trinajstić information content (AvgIpc) is 2.66. The summed E-state index contributed by atoms with van der Waals surface area (Å²) in [7, 11) is 1.12. The molecule has 7 nitrogen and oxygen atoms in total. The number of halogens is 3. The van der Waals surface area contributed by atoms with Crippen LogP contribution in [0.15, 0.2) is 48.5 Å². The number of ether oxygens (including phenoxy) is 1. The minimum absolute atomic E-state index is 0.0168. The van der Waals surface area contributed by atoms with E-state index >= 15 is 0 Å². The summed E-state index contributed by atoms with van der Waals surface area (Å²) >= 11 is 0. The molecule has 2 aromatic rings. The number of amides is 1. The van der Waals surface area contributed by atoms with Gasteiger partial charge in [0.2, 0.25) is 0 Å². The van der Waals surface area contributed by atoms with Crippen LogP contribution in [0.3, 0.4) is 0 Å². The molecule has 10 heteroatoms. The molecule has 0 saturated carbocycles. The monoisotopic (exact) mass is 396 g/mol. The Morgan fingerprint density at radius 3 is 2.14 bits per heavy atom. The van der Waals surface area contributed by atoms with Crippen molar-refractivity contribution in [2.45, 2.75) is 18.6 Å². The fraction of sp³-hybridized carbons (Fsp3) is 0.222. The van der Waals surface area contributed by atoms with Crippen molar-refractivity contribution in [2.24, 2.45) is 0 Å². The number of nitrogens with one attached hydrogen (secondary N) is 1. The topological polar surface area (TPSA) is 98.5 Å². The van der Waals surface area contributed by atoms with Gasteiger partial charge in [0, 0.05) is 24.1 Å². The molecule has 2 aromatic carbocycles. The molecule has 0 fully saturated rings. The van der Waals surface area contributed by atoms with Gasteiger partial charge in [0.25, 0.3) is 11.6 Å². The molecule has 0 heterocycles. The number of methoxy groups -OCH3 is 1. The molecule has 1 atom stereocenters. The van der Waals surface area contributed by atoms with Gasteiger partial charge >= 0.3 is 12.1 Å². The number of esters is 1. The Kier molecular flexibility index (Phi) is 6.34. The van der Waals surface area contributed by atoms with Crippen LogP contribution in [0.25, 0.3) is 0 Å². The molecular formula is C18H15F3N2O5. The zero-order valence-electron chi connectivity index (χ0n) is 14.5. The van der Waals surface area contributed by atoms with Crippen LogP contribution in [0.4, 0.5) is 18.9 Å². The highest BCUT2D eigenvalue weighted by atomic mass is 19.4. The number of rotatable bonds is 6. The highest BCUT2D eigenvalue weighted by Crippen LogP contribution is 2.29. The summed E-state index contributed by atoms with van der Waals surface area (Å²) in [5, 5.41) is 13.1. The smallest absolute Gasteiger partial charge is 0.416 e. The molecule has 1 amide bonds. The van der Waals surface area contributed by atoms with E-state index in [0.717, 1.165) is 31.4 Å². The Bertz CT molecular complexity index is 864. The number of benzene rings is 2. The lowest BCUT2D eigenvalue weighted by Crippen LogP contribution is -2.43. The Hall–Kier alpha value is -3.43. The van der Waals surface area contributed by atoms with Crippen molar-refractivity contribution in [3.8, 4) is 0 Å². The molecule has 0 aliphatic rings. The number of alkyl halides is 3. The highest BCUT2D eigenvalue weighted by Gasteiger charge is 2.30. The van der Waals surface area contributed by atoms with Crippen molar-refractivity contribution in [1.82, 2.24) is 5.32 Å². The number of nitro benzene ring substituents is 1. The Balaban J connectivity index is 2.14. The van der Waals surface area contributed by atoms with E-state index in [0.29, 0.717) is 5.56 Å². The summed E-state index contributed by atoms with van der Waals surface area (Å²) in [6.45, 7) is 0. The predicted molar refractivity (Wildman–Crippen MR) is 91.5 cm³/mol. The molecule has 0 bridgehead atoms. The molecule has 0 aliphatic heterocycles. The fourth-order valence-corrected chi connectivity index (χ4v) is 2.38. The van der Waals surface area contributed by atoms with Gasteiger partial charge in [-0.15, -0.1) is 0 Å². The van der Waals surface area contributed by atoms with E-state index < -0.39 is 34.6 Å². The maximum absolute atomic E-state index is 12.6. The molecule has 0 radical (unpaired) electrons. The van der Waals surface area contributed by atoms with Crippen molar-refractivity contribution >= 4 is 17.6 Å². The third kappa shape index (κ3) is 5.29. The molecule has 148 valence electrons. The summed E-state index contributed by atoms with van der Waals surface area (Å²) in [5.41, 5.74) is -0.578. The maximum Gasteiger partial charge on any atom is 0.416 e. The molecule has 0 saturated heterocycles. The van der Waals surface area contributed by atoms with E-state index in [-0.39, 0.29) is 17.7 Å². The fourth-order valence-electron chi connectivity index (χ4n) is 2.38. The van der Waals surface area contributed by atoms with Gasteiger partial charge in [-0.3, -0.25) is 14.9 Å². The third-order valence-corrected chi connectivity index (χ3v) is 3.85. The van der Waals surface area contributed by atoms with Crippen LogP contribution >= 0.6 is 0 Å². The molecule has 1 N–H and O–H groups in total. The molecule has 0 unspecified atom stereocenters. The van der Waals surface area contributed by atoms with E-state index in [9.17, 15) is 32.9 Å². The van der Waals surface area contributed by atoms with Gasteiger partial charge in [-0.05, 0) is 29.8 Å². The van der Waals surface area contributed by atoms with Crippen molar-refractivity contribution in [1.29, 1.82) is 0 Å². The molecule has 0 aliphatic carbocycles. The third-order valence-electron chi connectivity index (χ3n) is 3.85. The summed E-state index contributed by atoms with van der Waals surface area (Å²) in [5.74, 6) is -1.52. The van der Waals surface area contributed by atoms with Gasteiger partial charge in [-0.25, -0.2) is 4.79 Å². The number of non-ortho nitro benzene ring substituents is 1. The largest absolute Gasteiger partial charge is 0.467 e. The van der Waals surface area contributed by atoms with Gasteiger partial charge in [0.05, 0.1) is 17.6 Å². The number of nitrogens with zero attached hydrogens (tertiary/aromatic N) is 1. The highest BCUT2D eigenvalue weighted by molar-refractivity contribution is 5.96. The molecule has 2 rings (SSSR count). The second kappa shape index (κ2) is 8.51. The van der Waals surface area contributed by atoms with Crippen molar-refractivity contribution in [2.75, 3.05) is 7.11 Å². The van der Waals surface area contributed by atoms with Crippen LogP contribution in [0, 0.1) is 10.1 Å². The lowest BCUT2D eigenvalue weighted by molar-refractivity contribution is -0.384. The average molecular weight is 396 g/mol. The van der Waals surface area contributed by atoms with Crippen LogP contribution in [-0.2, 0) is 22.1 Å². The van der Waals surface area contributed by atoms with Crippen molar-refractivity contribution < 1.29 is 32.4 Å². The second-order valence-corrected chi connectivity index (χ2v) is 5.75. The lowest BCUT2D eigenvalue weighted by Gasteiger charge is -2.17. The Morgan fingerprint density at radius 2 is 1.68 bits per heavy atom. The van der Waals surface area contributed by atoms with Crippen LogP contribution in [-0.4, -0.2) is 30.0 Å². The van der Waals surface area contributed by atoms with E-state index in [4.69, 9.17) is 0 Å². The van der Waals surface area contributed by atoms with Gasteiger partial charge < -0.3 is 10.1 Å². The minimum Gasteiger partial charge on any atom is -0.467 e. The van der Waals surface area contributed by atoms with E-state index in [1.54, 1.807) is 0 Å². The van der Waals surface area contributed by atoms with Gasteiger partial charge in [0.1, 0.15) is 6.04 Å². The predicted octanol–water partition coefficient (Wildman–Crippen LogP) is 3.13. The van der Waals surface area contributed by atoms with Crippen molar-refractivity contribution in [3.63, 3.8) is 0 Å². The van der Waals surface area contributed by atoms with Crippen LogP contribution < -0.4 is 5.32 Å². The first-order valence-electron chi connectivity index (χ1n) is 7.91. The molecule has 28 heavy (non-hydrogen) atoms. The van der Waals surface area contributed by atoms with E-state index in [2.05, 4.69) is 10.1 Å². The normalized spacial score (nSPS) is 12.1. The number of hydrogen-bond acceptors (Lipinski definition) is 5. The van der Waals surface area contributed by atoms with Crippen LogP contribution in [0.1, 0.15) is 21.5 Å². The van der Waals surface area contributed by atoms with Crippen LogP contribution in [0.5, 0.6) is 0 Å². The maximum atomic E-state index is 12.6. The SMILES string of the molecule is COC(=O)[C@@H](Cc1ccc([N+](=O)[O-])cc1)NC(=O)c1ccc(C(F)(F)F)cc1. The van der Waals surface area contributed by atoms with Gasteiger partial charge in [-0.1, -0.05) is 12.1 Å².